The Kier molecular flexibility index (Phi) is 6.33. The van der Waals surface area contributed by atoms with E-state index in [1.165, 1.54) is 10.6 Å². The second-order valence-corrected chi connectivity index (χ2v) is 8.23. The third kappa shape index (κ3) is 6.32. The van der Waals surface area contributed by atoms with Crippen molar-refractivity contribution in [2.45, 2.75) is 26.8 Å². The zero-order valence-electron chi connectivity index (χ0n) is 14.8. The Morgan fingerprint density at radius 1 is 1.04 bits per heavy atom. The largest absolute Gasteiger partial charge is 0.326 e. The van der Waals surface area contributed by atoms with E-state index >= 15 is 0 Å². The zero-order valence-corrected chi connectivity index (χ0v) is 15.6. The minimum atomic E-state index is -3.40. The average Bonchev–Trinajstić information content (AvgIpc) is 2.52. The highest BCUT2D eigenvalue weighted by Gasteiger charge is 2.18. The lowest BCUT2D eigenvalue weighted by Gasteiger charge is -2.20. The molecule has 2 aromatic rings. The van der Waals surface area contributed by atoms with Crippen molar-refractivity contribution in [1.82, 2.24) is 4.31 Å². The number of nitrogens with zero attached hydrogens (tertiary/aromatic N) is 1. The number of carbonyl (C=O) groups is 1. The normalized spacial score (nSPS) is 11.5. The highest BCUT2D eigenvalue weighted by molar-refractivity contribution is 7.88. The van der Waals surface area contributed by atoms with Crippen LogP contribution in [0.25, 0.3) is 0 Å². The molecule has 5 nitrogen and oxygen atoms in total. The van der Waals surface area contributed by atoms with E-state index in [1.807, 2.05) is 62.4 Å². The molecular weight excluding hydrogens is 336 g/mol. The minimum Gasteiger partial charge on any atom is -0.326 e. The Hall–Kier alpha value is -2.18. The summed E-state index contributed by atoms with van der Waals surface area (Å²) < 4.78 is 25.4. The monoisotopic (exact) mass is 360 g/mol. The molecule has 0 heterocycles. The van der Waals surface area contributed by atoms with Crippen molar-refractivity contribution in [3.63, 3.8) is 0 Å². The number of rotatable bonds is 7. The van der Waals surface area contributed by atoms with Crippen LogP contribution in [-0.2, 0) is 21.4 Å². The minimum absolute atomic E-state index is 0.104. The molecule has 0 aromatic heterocycles. The molecule has 1 N–H and O–H groups in total. The van der Waals surface area contributed by atoms with Gasteiger partial charge in [0.2, 0.25) is 15.9 Å². The van der Waals surface area contributed by atoms with Gasteiger partial charge in [-0.25, -0.2) is 8.42 Å². The van der Waals surface area contributed by atoms with Crippen molar-refractivity contribution in [2.75, 3.05) is 18.1 Å². The molecule has 25 heavy (non-hydrogen) atoms. The van der Waals surface area contributed by atoms with E-state index in [9.17, 15) is 13.2 Å². The molecular formula is C19H24N2O3S. The number of aryl methyl sites for hydroxylation is 2. The third-order valence-electron chi connectivity index (χ3n) is 3.84. The van der Waals surface area contributed by atoms with Gasteiger partial charge in [0.05, 0.1) is 6.26 Å². The highest BCUT2D eigenvalue weighted by atomic mass is 32.2. The topological polar surface area (TPSA) is 66.5 Å². The zero-order chi connectivity index (χ0) is 18.4. The fourth-order valence-corrected chi connectivity index (χ4v) is 3.24. The van der Waals surface area contributed by atoms with Crippen molar-refractivity contribution in [3.8, 4) is 0 Å². The van der Waals surface area contributed by atoms with Gasteiger partial charge in [-0.15, -0.1) is 0 Å². The summed E-state index contributed by atoms with van der Waals surface area (Å²) in [4.78, 5) is 12.1. The summed E-state index contributed by atoms with van der Waals surface area (Å²) in [6, 6.07) is 15.2. The lowest BCUT2D eigenvalue weighted by molar-refractivity contribution is -0.116. The average molecular weight is 360 g/mol. The van der Waals surface area contributed by atoms with Crippen LogP contribution in [0.1, 0.15) is 23.1 Å². The predicted molar refractivity (Wildman–Crippen MR) is 101 cm³/mol. The number of benzene rings is 2. The van der Waals surface area contributed by atoms with E-state index in [0.717, 1.165) is 22.4 Å². The van der Waals surface area contributed by atoms with Crippen molar-refractivity contribution in [2.24, 2.45) is 0 Å². The van der Waals surface area contributed by atoms with Crippen molar-refractivity contribution in [3.05, 3.63) is 65.2 Å². The summed E-state index contributed by atoms with van der Waals surface area (Å²) in [6.07, 6.45) is 1.27. The van der Waals surface area contributed by atoms with E-state index in [0.29, 0.717) is 0 Å². The number of nitrogens with one attached hydrogen (secondary N) is 1. The van der Waals surface area contributed by atoms with Gasteiger partial charge in [0.15, 0.2) is 0 Å². The summed E-state index contributed by atoms with van der Waals surface area (Å²) in [6.45, 7) is 4.33. The quantitative estimate of drug-likeness (QED) is 0.825. The molecule has 0 fully saturated rings. The van der Waals surface area contributed by atoms with E-state index < -0.39 is 10.0 Å². The van der Waals surface area contributed by atoms with Crippen LogP contribution in [0.15, 0.2) is 48.5 Å². The Bertz CT molecular complexity index is 830. The molecule has 0 bridgehead atoms. The lowest BCUT2D eigenvalue weighted by Crippen LogP contribution is -2.32. The highest BCUT2D eigenvalue weighted by Crippen LogP contribution is 2.12. The predicted octanol–water partition coefficient (Wildman–Crippen LogP) is 3.09. The van der Waals surface area contributed by atoms with E-state index in [4.69, 9.17) is 0 Å². The summed E-state index contributed by atoms with van der Waals surface area (Å²) in [7, 11) is -3.40. The molecule has 0 aliphatic heterocycles. The Morgan fingerprint density at radius 3 is 2.32 bits per heavy atom. The van der Waals surface area contributed by atoms with Crippen molar-refractivity contribution >= 4 is 21.6 Å². The fourth-order valence-electron chi connectivity index (χ4n) is 2.43. The maximum atomic E-state index is 12.1. The first-order valence-electron chi connectivity index (χ1n) is 8.11. The third-order valence-corrected chi connectivity index (χ3v) is 5.09. The Morgan fingerprint density at radius 2 is 1.72 bits per heavy atom. The smallest absolute Gasteiger partial charge is 0.225 e. The van der Waals surface area contributed by atoms with Crippen LogP contribution in [0.3, 0.4) is 0 Å². The number of hydrogen-bond acceptors (Lipinski definition) is 3. The molecule has 0 radical (unpaired) electrons. The summed E-state index contributed by atoms with van der Waals surface area (Å²) in [5, 5.41) is 2.80. The number of anilines is 1. The number of carbonyl (C=O) groups excluding carboxylic acids is 1. The molecule has 2 rings (SSSR count). The molecule has 0 spiro atoms. The maximum absolute atomic E-state index is 12.1. The molecule has 0 aliphatic carbocycles. The second-order valence-electron chi connectivity index (χ2n) is 6.25. The van der Waals surface area contributed by atoms with Crippen LogP contribution in [0.4, 0.5) is 5.69 Å². The molecule has 0 atom stereocenters. The number of hydrogen-bond donors (Lipinski definition) is 1. The van der Waals surface area contributed by atoms with E-state index in [1.54, 1.807) is 0 Å². The van der Waals surface area contributed by atoms with Gasteiger partial charge in [-0.3, -0.25) is 4.79 Å². The van der Waals surface area contributed by atoms with Gasteiger partial charge in [-0.1, -0.05) is 42.0 Å². The summed E-state index contributed by atoms with van der Waals surface area (Å²) in [5.41, 5.74) is 3.78. The first-order chi connectivity index (χ1) is 11.7. The van der Waals surface area contributed by atoms with Crippen LogP contribution in [0.5, 0.6) is 0 Å². The molecule has 0 saturated heterocycles. The van der Waals surface area contributed by atoms with Gasteiger partial charge in [0, 0.05) is 25.2 Å². The summed E-state index contributed by atoms with van der Waals surface area (Å²) >= 11 is 0. The van der Waals surface area contributed by atoms with Crippen molar-refractivity contribution in [1.29, 1.82) is 0 Å². The number of amides is 1. The molecule has 134 valence electrons. The summed E-state index contributed by atoms with van der Waals surface area (Å²) in [5.74, 6) is -0.205. The van der Waals surface area contributed by atoms with Crippen molar-refractivity contribution < 1.29 is 13.2 Å². The van der Waals surface area contributed by atoms with Gasteiger partial charge in [0.25, 0.3) is 0 Å². The first-order valence-corrected chi connectivity index (χ1v) is 9.96. The van der Waals surface area contributed by atoms with Gasteiger partial charge in [-0.2, -0.15) is 4.31 Å². The Labute approximate surface area is 149 Å². The lowest BCUT2D eigenvalue weighted by atomic mass is 10.1. The Balaban J connectivity index is 1.98. The first kappa shape index (κ1) is 19.1. The molecule has 6 heteroatoms. The van der Waals surface area contributed by atoms with Crippen LogP contribution in [0.2, 0.25) is 0 Å². The van der Waals surface area contributed by atoms with Gasteiger partial charge in [0.1, 0.15) is 0 Å². The molecule has 0 aliphatic rings. The van der Waals surface area contributed by atoms with Gasteiger partial charge in [-0.05, 0) is 37.1 Å². The maximum Gasteiger partial charge on any atom is 0.225 e. The standard InChI is InChI=1S/C19H24N2O3S/c1-15-7-9-17(10-8-15)14-21(25(3,23)24)12-11-19(22)20-18-6-4-5-16(2)13-18/h4-10,13H,11-12,14H2,1-3H3,(H,20,22). The molecule has 1 amide bonds. The van der Waals surface area contributed by atoms with Gasteiger partial charge < -0.3 is 5.32 Å². The van der Waals surface area contributed by atoms with Gasteiger partial charge >= 0.3 is 0 Å². The van der Waals surface area contributed by atoms with Crippen LogP contribution >= 0.6 is 0 Å². The van der Waals surface area contributed by atoms with Crippen LogP contribution in [0, 0.1) is 13.8 Å². The SMILES string of the molecule is Cc1ccc(CN(CCC(=O)Nc2cccc(C)c2)S(C)(=O)=O)cc1. The molecule has 0 saturated carbocycles. The molecule has 0 unspecified atom stereocenters. The number of sulfonamides is 1. The fraction of sp³-hybridized carbons (Fsp3) is 0.316. The second kappa shape index (κ2) is 8.27. The van der Waals surface area contributed by atoms with E-state index in [-0.39, 0.29) is 25.4 Å². The van der Waals surface area contributed by atoms with E-state index in [2.05, 4.69) is 5.32 Å². The van der Waals surface area contributed by atoms with Crippen LogP contribution < -0.4 is 5.32 Å². The van der Waals surface area contributed by atoms with Crippen LogP contribution in [-0.4, -0.2) is 31.4 Å². The molecule has 2 aromatic carbocycles.